The number of ether oxygens (including phenoxy) is 1. The molecule has 1 aromatic rings. The van der Waals surface area contributed by atoms with Crippen molar-refractivity contribution in [1.82, 2.24) is 25.1 Å². The number of likely N-dealkylation sites (N-methyl/N-ethyl adjacent to an activating group) is 1. The molecule has 1 amide bonds. The number of nitrogens with one attached hydrogen (secondary N) is 1. The maximum Gasteiger partial charge on any atom is 0.225 e. The van der Waals surface area contributed by atoms with Crippen molar-refractivity contribution in [2.75, 3.05) is 71.0 Å². The van der Waals surface area contributed by atoms with Gasteiger partial charge in [0, 0.05) is 71.7 Å². The van der Waals surface area contributed by atoms with E-state index < -0.39 is 0 Å². The fraction of sp³-hybridized carbons (Fsp3) is 0.714. The highest BCUT2D eigenvalue weighted by molar-refractivity contribution is 5.81. The van der Waals surface area contributed by atoms with Gasteiger partial charge in [-0.2, -0.15) is 0 Å². The highest BCUT2D eigenvalue weighted by atomic mass is 16.5. The molecule has 0 aromatic carbocycles. The molecule has 2 heterocycles. The molecule has 0 radical (unpaired) electrons. The van der Waals surface area contributed by atoms with Crippen LogP contribution in [0.2, 0.25) is 0 Å². The summed E-state index contributed by atoms with van der Waals surface area (Å²) in [4.78, 5) is 31.9. The van der Waals surface area contributed by atoms with Gasteiger partial charge in [0.05, 0.1) is 13.2 Å². The van der Waals surface area contributed by atoms with Crippen molar-refractivity contribution in [1.29, 1.82) is 0 Å². The first-order chi connectivity index (χ1) is 14.7. The van der Waals surface area contributed by atoms with Crippen LogP contribution in [0.15, 0.2) is 23.5 Å². The van der Waals surface area contributed by atoms with E-state index in [1.54, 1.807) is 12.4 Å². The number of aliphatic imine (C=N–C) groups is 1. The molecule has 1 N–H and O–H groups in total. The van der Waals surface area contributed by atoms with Crippen molar-refractivity contribution >= 4 is 17.8 Å². The highest BCUT2D eigenvalue weighted by Crippen LogP contribution is 2.28. The molecule has 1 aliphatic carbocycles. The van der Waals surface area contributed by atoms with Crippen LogP contribution in [-0.2, 0) is 9.53 Å². The molecule has 0 atom stereocenters. The maximum absolute atomic E-state index is 12.6. The molecule has 30 heavy (non-hydrogen) atoms. The van der Waals surface area contributed by atoms with Gasteiger partial charge >= 0.3 is 0 Å². The van der Waals surface area contributed by atoms with E-state index in [0.29, 0.717) is 32.7 Å². The lowest BCUT2D eigenvalue weighted by Gasteiger charge is -2.34. The normalized spacial score (nSPS) is 17.2. The lowest BCUT2D eigenvalue weighted by atomic mass is 10.3. The third kappa shape index (κ3) is 7.12. The summed E-state index contributed by atoms with van der Waals surface area (Å²) in [6, 6.07) is 1.81. The molecule has 3 rings (SSSR count). The molecule has 1 aromatic heterocycles. The van der Waals surface area contributed by atoms with Crippen LogP contribution in [-0.4, -0.2) is 97.7 Å². The van der Waals surface area contributed by atoms with Crippen molar-refractivity contribution in [3.8, 4) is 0 Å². The summed E-state index contributed by atoms with van der Waals surface area (Å²) in [5, 5.41) is 3.30. The van der Waals surface area contributed by atoms with E-state index >= 15 is 0 Å². The first kappa shape index (κ1) is 22.3. The predicted molar refractivity (Wildman–Crippen MR) is 118 cm³/mol. The van der Waals surface area contributed by atoms with Gasteiger partial charge in [-0.05, 0) is 31.7 Å². The van der Waals surface area contributed by atoms with Gasteiger partial charge in [-0.15, -0.1) is 0 Å². The Balaban J connectivity index is 1.37. The quantitative estimate of drug-likeness (QED) is 0.343. The molecule has 1 saturated heterocycles. The van der Waals surface area contributed by atoms with Gasteiger partial charge in [0.2, 0.25) is 11.9 Å². The maximum atomic E-state index is 12.6. The molecule has 2 fully saturated rings. The van der Waals surface area contributed by atoms with Crippen LogP contribution in [0.1, 0.15) is 26.2 Å². The van der Waals surface area contributed by atoms with Gasteiger partial charge in [0.25, 0.3) is 0 Å². The minimum atomic E-state index is 0.152. The zero-order valence-corrected chi connectivity index (χ0v) is 18.3. The summed E-state index contributed by atoms with van der Waals surface area (Å²) in [6.45, 7) is 8.59. The highest BCUT2D eigenvalue weighted by Gasteiger charge is 2.22. The van der Waals surface area contributed by atoms with Gasteiger partial charge in [0.1, 0.15) is 0 Å². The van der Waals surface area contributed by atoms with Crippen LogP contribution in [0.3, 0.4) is 0 Å². The molecule has 0 bridgehead atoms. The zero-order chi connectivity index (χ0) is 21.2. The van der Waals surface area contributed by atoms with E-state index in [0.717, 1.165) is 50.6 Å². The predicted octanol–water partition coefficient (Wildman–Crippen LogP) is 0.839. The van der Waals surface area contributed by atoms with Gasteiger partial charge < -0.3 is 24.8 Å². The summed E-state index contributed by atoms with van der Waals surface area (Å²) in [6.07, 6.45) is 6.53. The van der Waals surface area contributed by atoms with Crippen molar-refractivity contribution in [3.05, 3.63) is 18.5 Å². The molecular formula is C21H35N7O2. The summed E-state index contributed by atoms with van der Waals surface area (Å²) in [7, 11) is 2.01. The molecule has 1 aliphatic heterocycles. The standard InChI is InChI=1S/C21H35N7O2/c1-3-22-20(26(2)15-16-30-17-18-5-6-18)25-10-7-19(29)27-11-13-28(14-12-27)21-23-8-4-9-24-21/h4,8-9,18H,3,5-7,10-17H2,1-2H3,(H,22,25). The second kappa shape index (κ2) is 11.7. The third-order valence-electron chi connectivity index (χ3n) is 5.37. The van der Waals surface area contributed by atoms with Crippen molar-refractivity contribution in [2.24, 2.45) is 10.9 Å². The molecule has 0 unspecified atom stereocenters. The lowest BCUT2D eigenvalue weighted by Crippen LogP contribution is -2.49. The zero-order valence-electron chi connectivity index (χ0n) is 18.3. The van der Waals surface area contributed by atoms with E-state index in [2.05, 4.69) is 30.1 Å². The number of guanidine groups is 1. The monoisotopic (exact) mass is 417 g/mol. The molecular weight excluding hydrogens is 382 g/mol. The lowest BCUT2D eigenvalue weighted by molar-refractivity contribution is -0.131. The number of aromatic nitrogens is 2. The van der Waals surface area contributed by atoms with E-state index in [-0.39, 0.29) is 5.91 Å². The Bertz CT molecular complexity index is 673. The van der Waals surface area contributed by atoms with E-state index in [4.69, 9.17) is 4.74 Å². The summed E-state index contributed by atoms with van der Waals surface area (Å²) in [5.74, 6) is 2.49. The molecule has 9 heteroatoms. The van der Waals surface area contributed by atoms with Crippen molar-refractivity contribution in [2.45, 2.75) is 26.2 Å². The molecule has 2 aliphatic rings. The van der Waals surface area contributed by atoms with Gasteiger partial charge in [0.15, 0.2) is 5.96 Å². The smallest absolute Gasteiger partial charge is 0.225 e. The number of amides is 1. The number of anilines is 1. The number of nitrogens with zero attached hydrogens (tertiary/aromatic N) is 6. The van der Waals surface area contributed by atoms with Crippen LogP contribution >= 0.6 is 0 Å². The number of carbonyl (C=O) groups is 1. The second-order valence-electron chi connectivity index (χ2n) is 7.84. The Morgan fingerprint density at radius 1 is 1.27 bits per heavy atom. The number of hydrogen-bond acceptors (Lipinski definition) is 6. The van der Waals surface area contributed by atoms with Gasteiger partial charge in [-0.3, -0.25) is 9.79 Å². The van der Waals surface area contributed by atoms with Crippen LogP contribution < -0.4 is 10.2 Å². The van der Waals surface area contributed by atoms with Crippen molar-refractivity contribution < 1.29 is 9.53 Å². The van der Waals surface area contributed by atoms with Crippen LogP contribution in [0.5, 0.6) is 0 Å². The second-order valence-corrected chi connectivity index (χ2v) is 7.84. The first-order valence-corrected chi connectivity index (χ1v) is 11.0. The van der Waals surface area contributed by atoms with Crippen LogP contribution in [0.4, 0.5) is 5.95 Å². The fourth-order valence-corrected chi connectivity index (χ4v) is 3.34. The number of hydrogen-bond donors (Lipinski definition) is 1. The van der Waals surface area contributed by atoms with Gasteiger partial charge in [-0.1, -0.05) is 0 Å². The van der Waals surface area contributed by atoms with E-state index in [1.165, 1.54) is 12.8 Å². The Morgan fingerprint density at radius 2 is 2.00 bits per heavy atom. The third-order valence-corrected chi connectivity index (χ3v) is 5.37. The summed E-state index contributed by atoms with van der Waals surface area (Å²) < 4.78 is 5.72. The first-order valence-electron chi connectivity index (χ1n) is 11.0. The topological polar surface area (TPSA) is 86.2 Å². The Morgan fingerprint density at radius 3 is 2.67 bits per heavy atom. The van der Waals surface area contributed by atoms with E-state index in [1.807, 2.05) is 24.9 Å². The number of rotatable bonds is 10. The molecule has 0 spiro atoms. The fourth-order valence-electron chi connectivity index (χ4n) is 3.34. The Kier molecular flexibility index (Phi) is 8.67. The molecule has 1 saturated carbocycles. The molecule has 9 nitrogen and oxygen atoms in total. The summed E-state index contributed by atoms with van der Waals surface area (Å²) in [5.41, 5.74) is 0. The largest absolute Gasteiger partial charge is 0.379 e. The van der Waals surface area contributed by atoms with Crippen LogP contribution in [0, 0.1) is 5.92 Å². The number of carbonyl (C=O) groups excluding carboxylic acids is 1. The minimum absolute atomic E-state index is 0.152. The van der Waals surface area contributed by atoms with Gasteiger partial charge in [-0.25, -0.2) is 9.97 Å². The Hall–Kier alpha value is -2.42. The SMILES string of the molecule is CCNC(=NCCC(=O)N1CCN(c2ncccn2)CC1)N(C)CCOCC1CC1. The molecule has 166 valence electrons. The van der Waals surface area contributed by atoms with E-state index in [9.17, 15) is 4.79 Å². The Labute approximate surface area is 179 Å². The van der Waals surface area contributed by atoms with Crippen molar-refractivity contribution in [3.63, 3.8) is 0 Å². The average Bonchev–Trinajstić information content (AvgIpc) is 3.61. The minimum Gasteiger partial charge on any atom is -0.379 e. The number of piperazine rings is 1. The van der Waals surface area contributed by atoms with Crippen LogP contribution in [0.25, 0.3) is 0 Å². The average molecular weight is 418 g/mol. The summed E-state index contributed by atoms with van der Waals surface area (Å²) >= 11 is 0.